The van der Waals surface area contributed by atoms with Crippen molar-refractivity contribution in [2.24, 2.45) is 0 Å². The molecule has 0 bridgehead atoms. The fourth-order valence-electron chi connectivity index (χ4n) is 1.40. The van der Waals surface area contributed by atoms with Crippen molar-refractivity contribution in [3.05, 3.63) is 50.6 Å². The van der Waals surface area contributed by atoms with E-state index in [9.17, 15) is 13.6 Å². The zero-order valence-corrected chi connectivity index (χ0v) is 13.4. The van der Waals surface area contributed by atoms with Crippen molar-refractivity contribution < 1.29 is 13.6 Å². The number of carbonyl (C=O) groups excluding carboxylic acids is 1. The normalized spacial score (nSPS) is 10.6. The summed E-state index contributed by atoms with van der Waals surface area (Å²) in [5.41, 5.74) is 0. The second-order valence-corrected chi connectivity index (χ2v) is 7.44. The van der Waals surface area contributed by atoms with Crippen LogP contribution in [0.15, 0.2) is 39.0 Å². The monoisotopic (exact) mass is 377 g/mol. The Labute approximate surface area is 131 Å². The summed E-state index contributed by atoms with van der Waals surface area (Å²) in [6.45, 7) is 0.466. The molecule has 0 saturated heterocycles. The zero-order valence-electron chi connectivity index (χ0n) is 10.2. The average molecular weight is 378 g/mol. The van der Waals surface area contributed by atoms with Crippen LogP contribution in [0.4, 0.5) is 8.78 Å². The molecule has 2 aromatic rings. The van der Waals surface area contributed by atoms with Gasteiger partial charge in [0, 0.05) is 9.77 Å². The van der Waals surface area contributed by atoms with Gasteiger partial charge >= 0.3 is 0 Å². The Bertz CT molecular complexity index is 618. The molecule has 0 aliphatic heterocycles. The molecule has 1 aromatic heterocycles. The molecule has 0 aliphatic rings. The minimum absolute atomic E-state index is 0.149. The highest BCUT2D eigenvalue weighted by Gasteiger charge is 2.07. The molecule has 0 aliphatic carbocycles. The molecule has 0 fully saturated rings. The minimum Gasteiger partial charge on any atom is -0.350 e. The predicted octanol–water partition coefficient (Wildman–Crippen LogP) is 4.20. The van der Waals surface area contributed by atoms with Crippen molar-refractivity contribution in [3.63, 3.8) is 0 Å². The van der Waals surface area contributed by atoms with E-state index in [4.69, 9.17) is 0 Å². The van der Waals surface area contributed by atoms with Crippen LogP contribution in [0.3, 0.4) is 0 Å². The quantitative estimate of drug-likeness (QED) is 0.791. The largest absolute Gasteiger partial charge is 0.350 e. The number of benzene rings is 1. The minimum atomic E-state index is -0.904. The molecule has 7 heteroatoms. The number of hydrogen-bond acceptors (Lipinski definition) is 3. The summed E-state index contributed by atoms with van der Waals surface area (Å²) < 4.78 is 26.7. The SMILES string of the molecule is O=C(CSc1ccc(F)c(F)c1)NCc1ccc(Br)s1. The maximum Gasteiger partial charge on any atom is 0.230 e. The molecule has 1 heterocycles. The van der Waals surface area contributed by atoms with Gasteiger partial charge in [0.1, 0.15) is 0 Å². The number of hydrogen-bond donors (Lipinski definition) is 1. The van der Waals surface area contributed by atoms with Crippen LogP contribution in [0.1, 0.15) is 4.88 Å². The molecule has 2 rings (SSSR count). The third kappa shape index (κ3) is 4.57. The first-order valence-corrected chi connectivity index (χ1v) is 8.23. The predicted molar refractivity (Wildman–Crippen MR) is 80.9 cm³/mol. The smallest absolute Gasteiger partial charge is 0.230 e. The Kier molecular flexibility index (Phi) is 5.56. The lowest BCUT2D eigenvalue weighted by atomic mass is 10.3. The van der Waals surface area contributed by atoms with Gasteiger partial charge in [-0.2, -0.15) is 0 Å². The maximum atomic E-state index is 13.0. The first kappa shape index (κ1) is 15.5. The summed E-state index contributed by atoms with van der Waals surface area (Å²) in [5.74, 6) is -1.78. The van der Waals surface area contributed by atoms with Crippen LogP contribution in [-0.4, -0.2) is 11.7 Å². The lowest BCUT2D eigenvalue weighted by Gasteiger charge is -2.04. The molecule has 20 heavy (non-hydrogen) atoms. The van der Waals surface area contributed by atoms with Gasteiger partial charge in [-0.25, -0.2) is 8.78 Å². The molecule has 2 nitrogen and oxygen atoms in total. The molecule has 0 spiro atoms. The Morgan fingerprint density at radius 2 is 2.05 bits per heavy atom. The maximum absolute atomic E-state index is 13.0. The number of amides is 1. The van der Waals surface area contributed by atoms with Crippen LogP contribution in [0, 0.1) is 11.6 Å². The van der Waals surface area contributed by atoms with Crippen LogP contribution in [0.5, 0.6) is 0 Å². The van der Waals surface area contributed by atoms with Crippen molar-refractivity contribution in [2.75, 3.05) is 5.75 Å². The van der Waals surface area contributed by atoms with E-state index in [1.807, 2.05) is 12.1 Å². The number of rotatable bonds is 5. The van der Waals surface area contributed by atoms with E-state index in [1.54, 1.807) is 11.3 Å². The van der Waals surface area contributed by atoms with Gasteiger partial charge in [0.25, 0.3) is 0 Å². The van der Waals surface area contributed by atoms with Crippen molar-refractivity contribution in [1.82, 2.24) is 5.32 Å². The molecule has 0 atom stereocenters. The van der Waals surface area contributed by atoms with Crippen LogP contribution >= 0.6 is 39.0 Å². The topological polar surface area (TPSA) is 29.1 Å². The Morgan fingerprint density at radius 1 is 1.25 bits per heavy atom. The van der Waals surface area contributed by atoms with E-state index in [0.717, 1.165) is 20.8 Å². The van der Waals surface area contributed by atoms with Gasteiger partial charge < -0.3 is 5.32 Å². The summed E-state index contributed by atoms with van der Waals surface area (Å²) in [7, 11) is 0. The highest BCUT2D eigenvalue weighted by atomic mass is 79.9. The first-order valence-electron chi connectivity index (χ1n) is 5.63. The Morgan fingerprint density at radius 3 is 2.70 bits per heavy atom. The van der Waals surface area contributed by atoms with Crippen molar-refractivity contribution in [3.8, 4) is 0 Å². The van der Waals surface area contributed by atoms with E-state index in [2.05, 4.69) is 21.2 Å². The second kappa shape index (κ2) is 7.19. The Hall–Kier alpha value is -0.920. The van der Waals surface area contributed by atoms with Crippen molar-refractivity contribution in [1.29, 1.82) is 0 Å². The van der Waals surface area contributed by atoms with Crippen molar-refractivity contribution >= 4 is 44.9 Å². The fraction of sp³-hybridized carbons (Fsp3) is 0.154. The summed E-state index contributed by atoms with van der Waals surface area (Å²) >= 11 is 6.07. The van der Waals surface area contributed by atoms with E-state index in [1.165, 1.54) is 17.8 Å². The van der Waals surface area contributed by atoms with Gasteiger partial charge in [-0.3, -0.25) is 4.79 Å². The number of thioether (sulfide) groups is 1. The van der Waals surface area contributed by atoms with Crippen LogP contribution in [0.2, 0.25) is 0 Å². The molecule has 1 amide bonds. The third-order valence-electron chi connectivity index (χ3n) is 2.35. The standard InChI is InChI=1S/C13H10BrF2NOS2/c14-12-4-2-9(20-12)6-17-13(18)7-19-8-1-3-10(15)11(16)5-8/h1-5H,6-7H2,(H,17,18). The van der Waals surface area contributed by atoms with Crippen LogP contribution < -0.4 is 5.32 Å². The highest BCUT2D eigenvalue weighted by Crippen LogP contribution is 2.22. The lowest BCUT2D eigenvalue weighted by Crippen LogP contribution is -2.24. The number of carbonyl (C=O) groups is 1. The van der Waals surface area contributed by atoms with Gasteiger partial charge in [0.2, 0.25) is 5.91 Å². The van der Waals surface area contributed by atoms with Crippen LogP contribution in [-0.2, 0) is 11.3 Å². The average Bonchev–Trinajstić information content (AvgIpc) is 2.83. The van der Waals surface area contributed by atoms with Gasteiger partial charge in [-0.15, -0.1) is 23.1 Å². The summed E-state index contributed by atoms with van der Waals surface area (Å²) in [4.78, 5) is 13.2. The Balaban J connectivity index is 1.78. The van der Waals surface area contributed by atoms with E-state index < -0.39 is 11.6 Å². The lowest BCUT2D eigenvalue weighted by molar-refractivity contribution is -0.118. The molecule has 0 saturated carbocycles. The highest BCUT2D eigenvalue weighted by molar-refractivity contribution is 9.11. The number of thiophene rings is 1. The number of halogens is 3. The van der Waals surface area contributed by atoms with Crippen LogP contribution in [0.25, 0.3) is 0 Å². The molecule has 1 aromatic carbocycles. The van der Waals surface area contributed by atoms with Gasteiger partial charge in [-0.1, -0.05) is 0 Å². The zero-order chi connectivity index (χ0) is 14.5. The summed E-state index contributed by atoms with van der Waals surface area (Å²) in [6.07, 6.45) is 0. The second-order valence-electron chi connectivity index (χ2n) is 3.85. The van der Waals surface area contributed by atoms with Gasteiger partial charge in [0.15, 0.2) is 11.6 Å². The summed E-state index contributed by atoms with van der Waals surface area (Å²) in [5, 5.41) is 2.77. The van der Waals surface area contributed by atoms with Crippen molar-refractivity contribution in [2.45, 2.75) is 11.4 Å². The fourth-order valence-corrected chi connectivity index (χ4v) is 3.57. The third-order valence-corrected chi connectivity index (χ3v) is 4.97. The van der Waals surface area contributed by atoms with E-state index in [0.29, 0.717) is 11.4 Å². The first-order chi connectivity index (χ1) is 9.54. The van der Waals surface area contributed by atoms with Gasteiger partial charge in [0.05, 0.1) is 16.1 Å². The molecule has 0 unspecified atom stereocenters. The van der Waals surface area contributed by atoms with Gasteiger partial charge in [-0.05, 0) is 46.3 Å². The van der Waals surface area contributed by atoms with E-state index in [-0.39, 0.29) is 11.7 Å². The molecule has 1 N–H and O–H groups in total. The molecular weight excluding hydrogens is 368 g/mol. The summed E-state index contributed by atoms with van der Waals surface area (Å²) in [6, 6.07) is 7.44. The number of nitrogens with one attached hydrogen (secondary N) is 1. The molecule has 106 valence electrons. The molecular formula is C13H10BrF2NOS2. The van der Waals surface area contributed by atoms with E-state index >= 15 is 0 Å². The molecule has 0 radical (unpaired) electrons.